The van der Waals surface area contributed by atoms with Crippen molar-refractivity contribution in [1.82, 2.24) is 20.3 Å². The van der Waals surface area contributed by atoms with E-state index in [1.807, 2.05) is 25.1 Å². The van der Waals surface area contributed by atoms with E-state index in [1.54, 1.807) is 13.1 Å². The Kier molecular flexibility index (Phi) is 4.88. The van der Waals surface area contributed by atoms with Gasteiger partial charge in [0.05, 0.1) is 11.7 Å². The summed E-state index contributed by atoms with van der Waals surface area (Å²) in [6.07, 6.45) is 2.09. The van der Waals surface area contributed by atoms with Gasteiger partial charge in [-0.25, -0.2) is 4.79 Å². The highest BCUT2D eigenvalue weighted by Crippen LogP contribution is 2.08. The van der Waals surface area contributed by atoms with Crippen LogP contribution < -0.4 is 16.6 Å². The Morgan fingerprint density at radius 1 is 1.32 bits per heavy atom. The summed E-state index contributed by atoms with van der Waals surface area (Å²) in [7, 11) is 0. The second-order valence-corrected chi connectivity index (χ2v) is 5.06. The van der Waals surface area contributed by atoms with Crippen LogP contribution in [0.3, 0.4) is 0 Å². The lowest BCUT2D eigenvalue weighted by molar-refractivity contribution is -0.121. The van der Waals surface area contributed by atoms with Crippen LogP contribution in [0.1, 0.15) is 36.3 Å². The molecule has 2 aromatic heterocycles. The quantitative estimate of drug-likeness (QED) is 0.750. The Morgan fingerprint density at radius 2 is 2.09 bits per heavy atom. The SMILES string of the molecule is Cc1[nH]c(=O)[nH]c(=O)c1CCC(=O)NC(C)c1ccccn1. The fourth-order valence-electron chi connectivity index (χ4n) is 2.19. The molecule has 2 aromatic rings. The van der Waals surface area contributed by atoms with Gasteiger partial charge in [-0.15, -0.1) is 0 Å². The number of aromatic nitrogens is 3. The summed E-state index contributed by atoms with van der Waals surface area (Å²) in [5, 5.41) is 2.83. The van der Waals surface area contributed by atoms with Crippen LogP contribution in [0.2, 0.25) is 0 Å². The van der Waals surface area contributed by atoms with Crippen molar-refractivity contribution >= 4 is 5.91 Å². The van der Waals surface area contributed by atoms with Gasteiger partial charge in [-0.1, -0.05) is 6.07 Å². The van der Waals surface area contributed by atoms with Gasteiger partial charge in [0.2, 0.25) is 5.91 Å². The molecule has 0 radical (unpaired) electrons. The smallest absolute Gasteiger partial charge is 0.325 e. The molecule has 22 heavy (non-hydrogen) atoms. The molecule has 0 spiro atoms. The van der Waals surface area contributed by atoms with Gasteiger partial charge in [0.1, 0.15) is 0 Å². The largest absolute Gasteiger partial charge is 0.348 e. The van der Waals surface area contributed by atoms with E-state index in [9.17, 15) is 14.4 Å². The first-order valence-electron chi connectivity index (χ1n) is 6.99. The summed E-state index contributed by atoms with van der Waals surface area (Å²) < 4.78 is 0. The van der Waals surface area contributed by atoms with E-state index in [4.69, 9.17) is 0 Å². The molecule has 7 nitrogen and oxygen atoms in total. The van der Waals surface area contributed by atoms with Gasteiger partial charge >= 0.3 is 5.69 Å². The molecule has 0 aromatic carbocycles. The second-order valence-electron chi connectivity index (χ2n) is 5.06. The average molecular weight is 302 g/mol. The Bertz CT molecular complexity index is 764. The lowest BCUT2D eigenvalue weighted by atomic mass is 10.1. The van der Waals surface area contributed by atoms with Crippen LogP contribution in [0, 0.1) is 6.92 Å². The first-order chi connectivity index (χ1) is 10.5. The van der Waals surface area contributed by atoms with E-state index in [1.165, 1.54) is 0 Å². The molecule has 1 unspecified atom stereocenters. The van der Waals surface area contributed by atoms with Gasteiger partial charge in [-0.2, -0.15) is 0 Å². The van der Waals surface area contributed by atoms with Crippen LogP contribution in [0.5, 0.6) is 0 Å². The number of nitrogens with zero attached hydrogens (tertiary/aromatic N) is 1. The van der Waals surface area contributed by atoms with E-state index in [0.717, 1.165) is 5.69 Å². The minimum Gasteiger partial charge on any atom is -0.348 e. The third-order valence-corrected chi connectivity index (χ3v) is 3.37. The molecule has 0 aliphatic carbocycles. The molecular formula is C15H18N4O3. The maximum atomic E-state index is 12.0. The average Bonchev–Trinajstić information content (AvgIpc) is 2.47. The van der Waals surface area contributed by atoms with E-state index in [0.29, 0.717) is 11.3 Å². The summed E-state index contributed by atoms with van der Waals surface area (Å²) in [6, 6.07) is 5.29. The van der Waals surface area contributed by atoms with Crippen molar-refractivity contribution in [3.63, 3.8) is 0 Å². The molecule has 0 fully saturated rings. The molecule has 0 aliphatic heterocycles. The number of nitrogens with one attached hydrogen (secondary N) is 3. The second kappa shape index (κ2) is 6.84. The summed E-state index contributed by atoms with van der Waals surface area (Å²) in [5.74, 6) is -0.178. The summed E-state index contributed by atoms with van der Waals surface area (Å²) in [5.41, 5.74) is 0.680. The Labute approximate surface area is 126 Å². The fraction of sp³-hybridized carbons (Fsp3) is 0.333. The molecule has 1 atom stereocenters. The Morgan fingerprint density at radius 3 is 2.73 bits per heavy atom. The molecule has 1 amide bonds. The zero-order valence-corrected chi connectivity index (χ0v) is 12.5. The number of aromatic amines is 2. The summed E-state index contributed by atoms with van der Waals surface area (Å²) in [6.45, 7) is 3.48. The van der Waals surface area contributed by atoms with Crippen molar-refractivity contribution in [1.29, 1.82) is 0 Å². The number of rotatable bonds is 5. The highest BCUT2D eigenvalue weighted by Gasteiger charge is 2.12. The summed E-state index contributed by atoms with van der Waals surface area (Å²) in [4.78, 5) is 43.6. The predicted molar refractivity (Wildman–Crippen MR) is 81.5 cm³/mol. The highest BCUT2D eigenvalue weighted by molar-refractivity contribution is 5.76. The molecule has 3 N–H and O–H groups in total. The van der Waals surface area contributed by atoms with E-state index in [2.05, 4.69) is 20.3 Å². The van der Waals surface area contributed by atoms with Crippen molar-refractivity contribution in [3.05, 3.63) is 62.2 Å². The van der Waals surface area contributed by atoms with Crippen LogP contribution in [0.25, 0.3) is 0 Å². The van der Waals surface area contributed by atoms with Gasteiger partial charge in [-0.3, -0.25) is 19.6 Å². The summed E-state index contributed by atoms with van der Waals surface area (Å²) >= 11 is 0. The number of hydrogen-bond acceptors (Lipinski definition) is 4. The maximum Gasteiger partial charge on any atom is 0.325 e. The molecular weight excluding hydrogens is 284 g/mol. The van der Waals surface area contributed by atoms with Gasteiger partial charge in [0.15, 0.2) is 0 Å². The van der Waals surface area contributed by atoms with E-state index < -0.39 is 11.2 Å². The zero-order chi connectivity index (χ0) is 16.1. The number of carbonyl (C=O) groups is 1. The van der Waals surface area contributed by atoms with Crippen molar-refractivity contribution in [2.75, 3.05) is 0 Å². The normalized spacial score (nSPS) is 11.9. The van der Waals surface area contributed by atoms with Gasteiger partial charge in [0.25, 0.3) is 5.56 Å². The van der Waals surface area contributed by atoms with Crippen LogP contribution in [-0.2, 0) is 11.2 Å². The van der Waals surface area contributed by atoms with Gasteiger partial charge in [-0.05, 0) is 32.4 Å². The van der Waals surface area contributed by atoms with Crippen molar-refractivity contribution in [3.8, 4) is 0 Å². The molecule has 2 heterocycles. The Balaban J connectivity index is 1.96. The van der Waals surface area contributed by atoms with Crippen LogP contribution in [-0.4, -0.2) is 20.9 Å². The monoisotopic (exact) mass is 302 g/mol. The van der Waals surface area contributed by atoms with Gasteiger partial charge in [0, 0.05) is 23.9 Å². The third kappa shape index (κ3) is 3.91. The number of pyridine rings is 1. The van der Waals surface area contributed by atoms with Crippen molar-refractivity contribution in [2.45, 2.75) is 32.7 Å². The topological polar surface area (TPSA) is 108 Å². The number of H-pyrrole nitrogens is 2. The molecule has 0 saturated heterocycles. The third-order valence-electron chi connectivity index (χ3n) is 3.37. The zero-order valence-electron chi connectivity index (χ0n) is 12.5. The lowest BCUT2D eigenvalue weighted by Gasteiger charge is -2.13. The van der Waals surface area contributed by atoms with Crippen LogP contribution in [0.15, 0.2) is 34.0 Å². The van der Waals surface area contributed by atoms with Gasteiger partial charge < -0.3 is 10.3 Å². The van der Waals surface area contributed by atoms with E-state index in [-0.39, 0.29) is 24.8 Å². The van der Waals surface area contributed by atoms with Crippen LogP contribution in [0.4, 0.5) is 0 Å². The highest BCUT2D eigenvalue weighted by atomic mass is 16.2. The maximum absolute atomic E-state index is 12.0. The van der Waals surface area contributed by atoms with Crippen molar-refractivity contribution in [2.24, 2.45) is 0 Å². The number of aryl methyl sites for hydroxylation is 1. The first kappa shape index (κ1) is 15.7. The minimum absolute atomic E-state index is 0.160. The lowest BCUT2D eigenvalue weighted by Crippen LogP contribution is -2.30. The number of hydrogen-bond donors (Lipinski definition) is 3. The molecule has 0 saturated carbocycles. The standard InChI is InChI=1S/C15H18N4O3/c1-9-11(14(21)19-15(22)18-9)6-7-13(20)17-10(2)12-5-3-4-8-16-12/h3-5,8,10H,6-7H2,1-2H3,(H,17,20)(H2,18,19,21,22). The molecule has 116 valence electrons. The first-order valence-corrected chi connectivity index (χ1v) is 6.99. The van der Waals surface area contributed by atoms with E-state index >= 15 is 0 Å². The minimum atomic E-state index is -0.542. The Hall–Kier alpha value is -2.70. The van der Waals surface area contributed by atoms with Crippen LogP contribution >= 0.6 is 0 Å². The predicted octanol–water partition coefficient (Wildman–Crippen LogP) is 0.577. The molecule has 0 aliphatic rings. The fourth-order valence-corrected chi connectivity index (χ4v) is 2.19. The number of amides is 1. The molecule has 7 heteroatoms. The molecule has 2 rings (SSSR count). The van der Waals surface area contributed by atoms with Crippen molar-refractivity contribution < 1.29 is 4.79 Å². The number of carbonyl (C=O) groups excluding carboxylic acids is 1. The molecule has 0 bridgehead atoms.